The molecule has 0 bridgehead atoms. The Balaban J connectivity index is 1.64. The van der Waals surface area contributed by atoms with Gasteiger partial charge >= 0.3 is 6.08 Å². The van der Waals surface area contributed by atoms with Crippen LogP contribution in [0.1, 0.15) is 18.5 Å². The van der Waals surface area contributed by atoms with Crippen LogP contribution in [0.5, 0.6) is 17.6 Å². The molecule has 0 radical (unpaired) electrons. The number of methoxy groups -OCH3 is 1. The summed E-state index contributed by atoms with van der Waals surface area (Å²) in [6, 6.07) is 6.09. The molecule has 2 aromatic rings. The molecular weight excluding hydrogens is 324 g/mol. The van der Waals surface area contributed by atoms with Gasteiger partial charge < -0.3 is 19.2 Å². The molecule has 5 nitrogen and oxygen atoms in total. The minimum atomic E-state index is 0.239. The molecule has 0 amide bonds. The highest BCUT2D eigenvalue weighted by Gasteiger charge is 2.20. The molecule has 3 rings (SSSR count). The highest BCUT2D eigenvalue weighted by atomic mass is 79.9. The van der Waals surface area contributed by atoms with Gasteiger partial charge in [0.15, 0.2) is 0 Å². The highest BCUT2D eigenvalue weighted by Crippen LogP contribution is 2.32. The lowest BCUT2D eigenvalue weighted by Crippen LogP contribution is -2.15. The van der Waals surface area contributed by atoms with Crippen LogP contribution in [0.25, 0.3) is 0 Å². The van der Waals surface area contributed by atoms with Crippen LogP contribution in [-0.4, -0.2) is 18.1 Å². The number of nitrogens with zero attached hydrogens (tertiary/aromatic N) is 1. The quantitative estimate of drug-likeness (QED) is 0.873. The van der Waals surface area contributed by atoms with Gasteiger partial charge in [0.1, 0.15) is 17.8 Å². The first kappa shape index (κ1) is 13.5. The van der Waals surface area contributed by atoms with Crippen LogP contribution < -0.4 is 14.8 Å². The molecule has 6 heteroatoms. The molecule has 0 spiro atoms. The van der Waals surface area contributed by atoms with Crippen molar-refractivity contribution in [2.24, 2.45) is 0 Å². The molecular formula is C14H15BrN2O3. The maximum atomic E-state index is 5.60. The van der Waals surface area contributed by atoms with Crippen LogP contribution in [0.15, 0.2) is 33.4 Å². The van der Waals surface area contributed by atoms with Gasteiger partial charge in [-0.3, -0.25) is 0 Å². The van der Waals surface area contributed by atoms with Crippen LogP contribution in [0.4, 0.5) is 0 Å². The fourth-order valence-corrected chi connectivity index (χ4v) is 2.18. The van der Waals surface area contributed by atoms with E-state index in [0.717, 1.165) is 15.9 Å². The zero-order chi connectivity index (χ0) is 13.9. The van der Waals surface area contributed by atoms with E-state index in [-0.39, 0.29) is 6.08 Å². The van der Waals surface area contributed by atoms with E-state index < -0.39 is 0 Å². The Morgan fingerprint density at radius 1 is 1.45 bits per heavy atom. The predicted octanol–water partition coefficient (Wildman–Crippen LogP) is 3.49. The van der Waals surface area contributed by atoms with Crippen molar-refractivity contribution < 1.29 is 13.9 Å². The number of rotatable bonds is 6. The molecule has 1 fully saturated rings. The highest BCUT2D eigenvalue weighted by molar-refractivity contribution is 9.10. The molecule has 1 aromatic heterocycles. The van der Waals surface area contributed by atoms with Crippen LogP contribution >= 0.6 is 15.9 Å². The summed E-state index contributed by atoms with van der Waals surface area (Å²) < 4.78 is 16.8. The third-order valence-corrected chi connectivity index (χ3v) is 3.64. The third-order valence-electron chi connectivity index (χ3n) is 3.02. The van der Waals surface area contributed by atoms with E-state index in [4.69, 9.17) is 13.9 Å². The number of hydrogen-bond donors (Lipinski definition) is 1. The summed E-state index contributed by atoms with van der Waals surface area (Å²) in [5.74, 6) is 1.39. The van der Waals surface area contributed by atoms with Crippen molar-refractivity contribution in [3.05, 3.63) is 34.6 Å². The lowest BCUT2D eigenvalue weighted by atomic mass is 10.3. The lowest BCUT2D eigenvalue weighted by molar-refractivity contribution is 0.328. The standard InChI is InChI=1S/C14H15BrN2O3/c1-18-11-4-5-13(12(15)6-11)20-14-17-10(8-19-14)7-16-9-2-3-9/h4-6,8-9,16H,2-3,7H2,1H3. The average Bonchev–Trinajstić information content (AvgIpc) is 3.18. The van der Waals surface area contributed by atoms with Crippen molar-refractivity contribution in [1.29, 1.82) is 0 Å². The molecule has 0 atom stereocenters. The molecule has 1 saturated carbocycles. The van der Waals surface area contributed by atoms with Crippen molar-refractivity contribution in [2.45, 2.75) is 25.4 Å². The van der Waals surface area contributed by atoms with E-state index in [9.17, 15) is 0 Å². The molecule has 0 unspecified atom stereocenters. The Morgan fingerprint density at radius 2 is 2.30 bits per heavy atom. The van der Waals surface area contributed by atoms with Crippen molar-refractivity contribution >= 4 is 15.9 Å². The third kappa shape index (κ3) is 3.32. The summed E-state index contributed by atoms with van der Waals surface area (Å²) in [5.41, 5.74) is 0.844. The fourth-order valence-electron chi connectivity index (χ4n) is 1.74. The van der Waals surface area contributed by atoms with Crippen LogP contribution in [0.3, 0.4) is 0 Å². The summed E-state index contributed by atoms with van der Waals surface area (Å²) >= 11 is 3.42. The SMILES string of the molecule is COc1ccc(Oc2nc(CNC3CC3)co2)c(Br)c1. The van der Waals surface area contributed by atoms with Crippen molar-refractivity contribution in [3.8, 4) is 17.6 Å². The van der Waals surface area contributed by atoms with Crippen molar-refractivity contribution in [3.63, 3.8) is 0 Å². The smallest absolute Gasteiger partial charge is 0.399 e. The summed E-state index contributed by atoms with van der Waals surface area (Å²) in [6.07, 6.45) is 4.35. The molecule has 1 N–H and O–H groups in total. The Kier molecular flexibility index (Phi) is 3.93. The largest absolute Gasteiger partial charge is 0.497 e. The first-order valence-corrected chi connectivity index (χ1v) is 7.23. The summed E-state index contributed by atoms with van der Waals surface area (Å²) in [5, 5.41) is 3.37. The Hall–Kier alpha value is -1.53. The van der Waals surface area contributed by atoms with E-state index in [2.05, 4.69) is 26.2 Å². The van der Waals surface area contributed by atoms with Crippen LogP contribution in [0, 0.1) is 0 Å². The summed E-state index contributed by atoms with van der Waals surface area (Å²) in [7, 11) is 1.62. The predicted molar refractivity (Wildman–Crippen MR) is 77.1 cm³/mol. The first-order valence-electron chi connectivity index (χ1n) is 6.44. The van der Waals surface area contributed by atoms with Gasteiger partial charge in [0.05, 0.1) is 17.3 Å². The van der Waals surface area contributed by atoms with Crippen molar-refractivity contribution in [1.82, 2.24) is 10.3 Å². The average molecular weight is 339 g/mol. The van der Waals surface area contributed by atoms with Gasteiger partial charge in [0, 0.05) is 12.6 Å². The maximum absolute atomic E-state index is 5.60. The van der Waals surface area contributed by atoms with Crippen LogP contribution in [-0.2, 0) is 6.54 Å². The maximum Gasteiger partial charge on any atom is 0.399 e. The molecule has 1 aliphatic carbocycles. The van der Waals surface area contributed by atoms with E-state index in [1.54, 1.807) is 19.4 Å². The molecule has 0 saturated heterocycles. The monoisotopic (exact) mass is 338 g/mol. The van der Waals surface area contributed by atoms with E-state index in [0.29, 0.717) is 18.3 Å². The Bertz CT molecular complexity index is 596. The lowest BCUT2D eigenvalue weighted by Gasteiger charge is -2.05. The first-order chi connectivity index (χ1) is 9.74. The van der Waals surface area contributed by atoms with E-state index in [1.165, 1.54) is 12.8 Å². The Morgan fingerprint density at radius 3 is 3.00 bits per heavy atom. The number of hydrogen-bond acceptors (Lipinski definition) is 5. The fraction of sp³-hybridized carbons (Fsp3) is 0.357. The zero-order valence-electron chi connectivity index (χ0n) is 11.1. The number of oxazole rings is 1. The second-order valence-electron chi connectivity index (χ2n) is 4.66. The molecule has 106 valence electrons. The number of benzene rings is 1. The number of ether oxygens (including phenoxy) is 2. The minimum absolute atomic E-state index is 0.239. The number of aromatic nitrogens is 1. The summed E-state index contributed by atoms with van der Waals surface area (Å²) in [4.78, 5) is 4.29. The van der Waals surface area contributed by atoms with Gasteiger partial charge in [-0.05, 0) is 47.0 Å². The topological polar surface area (TPSA) is 56.5 Å². The van der Waals surface area contributed by atoms with Gasteiger partial charge in [-0.15, -0.1) is 0 Å². The normalized spacial score (nSPS) is 14.3. The second kappa shape index (κ2) is 5.85. The number of nitrogens with one attached hydrogen (secondary N) is 1. The van der Waals surface area contributed by atoms with Gasteiger partial charge in [-0.2, -0.15) is 4.98 Å². The van der Waals surface area contributed by atoms with Gasteiger partial charge in [-0.1, -0.05) is 0 Å². The Labute approximate surface area is 125 Å². The molecule has 0 aliphatic heterocycles. The van der Waals surface area contributed by atoms with Gasteiger partial charge in [0.25, 0.3) is 0 Å². The molecule has 20 heavy (non-hydrogen) atoms. The summed E-state index contributed by atoms with van der Waals surface area (Å²) in [6.45, 7) is 0.710. The number of halogens is 1. The minimum Gasteiger partial charge on any atom is -0.497 e. The van der Waals surface area contributed by atoms with Gasteiger partial charge in [-0.25, -0.2) is 0 Å². The molecule has 1 aliphatic rings. The molecule has 1 aromatic carbocycles. The van der Waals surface area contributed by atoms with E-state index >= 15 is 0 Å². The van der Waals surface area contributed by atoms with Gasteiger partial charge in [0.2, 0.25) is 0 Å². The zero-order valence-corrected chi connectivity index (χ0v) is 12.6. The second-order valence-corrected chi connectivity index (χ2v) is 5.51. The van der Waals surface area contributed by atoms with Crippen LogP contribution in [0.2, 0.25) is 0 Å². The van der Waals surface area contributed by atoms with Crippen molar-refractivity contribution in [2.75, 3.05) is 7.11 Å². The van der Waals surface area contributed by atoms with E-state index in [1.807, 2.05) is 12.1 Å². The molecule has 1 heterocycles.